The largest absolute Gasteiger partial charge is 0.491 e. The van der Waals surface area contributed by atoms with Gasteiger partial charge in [0.05, 0.1) is 18.1 Å². The molecule has 0 aliphatic rings. The summed E-state index contributed by atoms with van der Waals surface area (Å²) in [5, 5.41) is 10.6. The summed E-state index contributed by atoms with van der Waals surface area (Å²) in [6.07, 6.45) is 0. The number of nitrogens with two attached hydrogens (primary N) is 1. The van der Waals surface area contributed by atoms with Gasteiger partial charge in [0.2, 0.25) is 0 Å². The van der Waals surface area contributed by atoms with Gasteiger partial charge in [0.15, 0.2) is 0 Å². The minimum absolute atomic E-state index is 0.0935. The van der Waals surface area contributed by atoms with Crippen LogP contribution in [0.25, 0.3) is 0 Å². The number of hydrogen-bond acceptors (Lipinski definition) is 6. The van der Waals surface area contributed by atoms with Crippen molar-refractivity contribution in [1.29, 1.82) is 0 Å². The molecule has 0 radical (unpaired) electrons. The van der Waals surface area contributed by atoms with E-state index in [4.69, 9.17) is 15.2 Å². The Balaban J connectivity index is 2.30. The number of likely N-dealkylation sites (N-methyl/N-ethyl adjacent to an activating group) is 1. The molecule has 0 saturated heterocycles. The Labute approximate surface area is 112 Å². The fourth-order valence-electron chi connectivity index (χ4n) is 1.36. The van der Waals surface area contributed by atoms with Gasteiger partial charge in [0.25, 0.3) is 5.69 Å². The van der Waals surface area contributed by atoms with Gasteiger partial charge in [0, 0.05) is 18.7 Å². The molecule has 2 N–H and O–H groups in total. The molecule has 0 aliphatic carbocycles. The highest BCUT2D eigenvalue weighted by molar-refractivity contribution is 5.60. The number of nitro groups is 1. The molecule has 0 fully saturated rings. The smallest absolute Gasteiger partial charge is 0.292 e. The van der Waals surface area contributed by atoms with E-state index in [9.17, 15) is 10.1 Å². The maximum Gasteiger partial charge on any atom is 0.292 e. The van der Waals surface area contributed by atoms with Crippen LogP contribution in [-0.4, -0.2) is 50.3 Å². The number of ether oxygens (including phenoxy) is 2. The Kier molecular flexibility index (Phi) is 6.04. The van der Waals surface area contributed by atoms with E-state index in [1.165, 1.54) is 18.2 Å². The molecule has 0 spiro atoms. The summed E-state index contributed by atoms with van der Waals surface area (Å²) < 4.78 is 10.7. The van der Waals surface area contributed by atoms with Gasteiger partial charge < -0.3 is 20.1 Å². The number of anilines is 1. The zero-order chi connectivity index (χ0) is 14.3. The van der Waals surface area contributed by atoms with Crippen LogP contribution in [0.2, 0.25) is 0 Å². The lowest BCUT2D eigenvalue weighted by Gasteiger charge is -2.10. The summed E-state index contributed by atoms with van der Waals surface area (Å²) in [5.74, 6) is 0.499. The average Bonchev–Trinajstić information content (AvgIpc) is 2.32. The highest BCUT2D eigenvalue weighted by Crippen LogP contribution is 2.25. The van der Waals surface area contributed by atoms with E-state index in [2.05, 4.69) is 0 Å². The van der Waals surface area contributed by atoms with Gasteiger partial charge in [-0.05, 0) is 20.2 Å². The summed E-state index contributed by atoms with van der Waals surface area (Å²) in [5.41, 5.74) is 5.53. The molecule has 0 aliphatic heterocycles. The molecule has 106 valence electrons. The first-order valence-corrected chi connectivity index (χ1v) is 5.90. The van der Waals surface area contributed by atoms with Crippen LogP contribution in [0.3, 0.4) is 0 Å². The van der Waals surface area contributed by atoms with E-state index in [-0.39, 0.29) is 11.4 Å². The van der Waals surface area contributed by atoms with Crippen molar-refractivity contribution in [2.75, 3.05) is 46.2 Å². The van der Waals surface area contributed by atoms with Gasteiger partial charge in [0.1, 0.15) is 18.0 Å². The van der Waals surface area contributed by atoms with E-state index in [0.29, 0.717) is 25.6 Å². The third-order valence-corrected chi connectivity index (χ3v) is 2.37. The fourth-order valence-corrected chi connectivity index (χ4v) is 1.36. The topological polar surface area (TPSA) is 90.9 Å². The van der Waals surface area contributed by atoms with Crippen LogP contribution >= 0.6 is 0 Å². The lowest BCUT2D eigenvalue weighted by Crippen LogP contribution is -2.19. The lowest BCUT2D eigenvalue weighted by atomic mass is 10.2. The van der Waals surface area contributed by atoms with Crippen molar-refractivity contribution in [2.24, 2.45) is 0 Å². The maximum atomic E-state index is 10.6. The molecule has 19 heavy (non-hydrogen) atoms. The predicted molar refractivity (Wildman–Crippen MR) is 72.4 cm³/mol. The van der Waals surface area contributed by atoms with Crippen molar-refractivity contribution in [2.45, 2.75) is 0 Å². The van der Waals surface area contributed by atoms with Crippen LogP contribution in [0, 0.1) is 10.1 Å². The molecule has 0 saturated carbocycles. The number of nitro benzene ring substituents is 1. The Morgan fingerprint density at radius 2 is 2.05 bits per heavy atom. The zero-order valence-corrected chi connectivity index (χ0v) is 11.2. The van der Waals surface area contributed by atoms with Crippen LogP contribution < -0.4 is 10.5 Å². The van der Waals surface area contributed by atoms with Crippen LogP contribution in [0.1, 0.15) is 0 Å². The summed E-state index contributed by atoms with van der Waals surface area (Å²) in [7, 11) is 3.94. The molecule has 1 aromatic carbocycles. The van der Waals surface area contributed by atoms with E-state index in [0.717, 1.165) is 6.54 Å². The predicted octanol–water partition coefficient (Wildman–Crippen LogP) is 1.13. The molecule has 0 amide bonds. The fraction of sp³-hybridized carbons (Fsp3) is 0.500. The molecule has 7 heteroatoms. The third kappa shape index (κ3) is 5.54. The van der Waals surface area contributed by atoms with E-state index < -0.39 is 4.92 Å². The molecule has 1 rings (SSSR count). The number of nitrogens with zero attached hydrogens (tertiary/aromatic N) is 2. The number of benzene rings is 1. The van der Waals surface area contributed by atoms with Gasteiger partial charge in [-0.2, -0.15) is 0 Å². The van der Waals surface area contributed by atoms with E-state index in [1.807, 2.05) is 19.0 Å². The first kappa shape index (κ1) is 15.2. The van der Waals surface area contributed by atoms with Crippen molar-refractivity contribution in [3.8, 4) is 5.75 Å². The number of nitrogen functional groups attached to an aromatic ring is 1. The Morgan fingerprint density at radius 1 is 1.32 bits per heavy atom. The lowest BCUT2D eigenvalue weighted by molar-refractivity contribution is -0.383. The highest BCUT2D eigenvalue weighted by atomic mass is 16.6. The van der Waals surface area contributed by atoms with Gasteiger partial charge in [-0.25, -0.2) is 0 Å². The maximum absolute atomic E-state index is 10.6. The Hall–Kier alpha value is -1.86. The van der Waals surface area contributed by atoms with Crippen molar-refractivity contribution >= 4 is 11.4 Å². The summed E-state index contributed by atoms with van der Waals surface area (Å²) in [4.78, 5) is 12.1. The van der Waals surface area contributed by atoms with Crippen LogP contribution in [0.15, 0.2) is 18.2 Å². The second-order valence-corrected chi connectivity index (χ2v) is 4.24. The van der Waals surface area contributed by atoms with Crippen LogP contribution in [0.4, 0.5) is 11.4 Å². The minimum Gasteiger partial charge on any atom is -0.491 e. The molecule has 0 heterocycles. The Bertz CT molecular complexity index is 423. The number of hydrogen-bond donors (Lipinski definition) is 1. The van der Waals surface area contributed by atoms with E-state index in [1.54, 1.807) is 0 Å². The highest BCUT2D eigenvalue weighted by Gasteiger charge is 2.11. The zero-order valence-electron chi connectivity index (χ0n) is 11.2. The molecule has 7 nitrogen and oxygen atoms in total. The Morgan fingerprint density at radius 3 is 2.63 bits per heavy atom. The van der Waals surface area contributed by atoms with E-state index >= 15 is 0 Å². The second-order valence-electron chi connectivity index (χ2n) is 4.24. The summed E-state index contributed by atoms with van der Waals surface area (Å²) >= 11 is 0. The molecular weight excluding hydrogens is 250 g/mol. The quantitative estimate of drug-likeness (QED) is 0.329. The molecule has 1 aromatic rings. The first-order chi connectivity index (χ1) is 9.00. The van der Waals surface area contributed by atoms with Gasteiger partial charge >= 0.3 is 0 Å². The molecule has 0 bridgehead atoms. The third-order valence-electron chi connectivity index (χ3n) is 2.37. The molecular formula is C12H19N3O4. The van der Waals surface area contributed by atoms with Gasteiger partial charge in [-0.3, -0.25) is 10.1 Å². The minimum atomic E-state index is -0.524. The first-order valence-electron chi connectivity index (χ1n) is 5.90. The molecule has 0 atom stereocenters. The monoisotopic (exact) mass is 269 g/mol. The average molecular weight is 269 g/mol. The van der Waals surface area contributed by atoms with Crippen LogP contribution in [-0.2, 0) is 4.74 Å². The molecule has 0 aromatic heterocycles. The standard InChI is InChI=1S/C12H19N3O4/c1-14(2)5-6-18-7-8-19-10-3-4-12(15(16)17)11(13)9-10/h3-4,9H,5-8,13H2,1-2H3. The van der Waals surface area contributed by atoms with Crippen molar-refractivity contribution in [3.05, 3.63) is 28.3 Å². The molecule has 0 unspecified atom stereocenters. The number of rotatable bonds is 8. The van der Waals surface area contributed by atoms with Crippen molar-refractivity contribution in [1.82, 2.24) is 4.90 Å². The van der Waals surface area contributed by atoms with Crippen LogP contribution in [0.5, 0.6) is 5.75 Å². The second kappa shape index (κ2) is 7.55. The summed E-state index contributed by atoms with van der Waals surface area (Å²) in [6, 6.07) is 4.30. The van der Waals surface area contributed by atoms with Crippen molar-refractivity contribution < 1.29 is 14.4 Å². The summed E-state index contributed by atoms with van der Waals surface area (Å²) in [6.45, 7) is 2.33. The SMILES string of the molecule is CN(C)CCOCCOc1ccc([N+](=O)[O-])c(N)c1. The van der Waals surface area contributed by atoms with Crippen molar-refractivity contribution in [3.63, 3.8) is 0 Å². The van der Waals surface area contributed by atoms with Gasteiger partial charge in [-0.1, -0.05) is 0 Å². The normalized spacial score (nSPS) is 10.7. The van der Waals surface area contributed by atoms with Gasteiger partial charge in [-0.15, -0.1) is 0 Å².